The van der Waals surface area contributed by atoms with Crippen LogP contribution in [0.1, 0.15) is 50.4 Å². The van der Waals surface area contributed by atoms with Crippen LogP contribution in [0.4, 0.5) is 0 Å². The van der Waals surface area contributed by atoms with Gasteiger partial charge in [-0.3, -0.25) is 9.78 Å². The third-order valence-electron chi connectivity index (χ3n) is 3.36. The van der Waals surface area contributed by atoms with E-state index in [-0.39, 0.29) is 17.6 Å². The first kappa shape index (κ1) is 14.6. The Morgan fingerprint density at radius 2 is 2.20 bits per heavy atom. The Balaban J connectivity index is 2.07. The molecule has 0 aromatic carbocycles. The van der Waals surface area contributed by atoms with Crippen molar-refractivity contribution in [1.82, 2.24) is 10.3 Å². The third kappa shape index (κ3) is 3.83. The fraction of sp³-hybridized carbons (Fsp3) is 0.500. The highest BCUT2D eigenvalue weighted by atomic mass is 16.5. The summed E-state index contributed by atoms with van der Waals surface area (Å²) in [4.78, 5) is 16.4. The monoisotopic (exact) mass is 274 g/mol. The highest BCUT2D eigenvalue weighted by Gasteiger charge is 2.26. The first-order valence-corrected chi connectivity index (χ1v) is 7.08. The number of nitrogens with one attached hydrogen (secondary N) is 1. The fourth-order valence-corrected chi connectivity index (χ4v) is 2.30. The molecule has 1 aliphatic carbocycles. The van der Waals surface area contributed by atoms with Gasteiger partial charge in [0, 0.05) is 11.7 Å². The van der Waals surface area contributed by atoms with Gasteiger partial charge in [0.15, 0.2) is 0 Å². The van der Waals surface area contributed by atoms with E-state index in [9.17, 15) is 4.79 Å². The summed E-state index contributed by atoms with van der Waals surface area (Å²) in [6, 6.07) is 1.74. The normalized spacial score (nSPS) is 21.8. The minimum Gasteiger partial charge on any atom is -0.489 e. The van der Waals surface area contributed by atoms with Crippen LogP contribution in [-0.4, -0.2) is 22.5 Å². The average molecular weight is 274 g/mol. The van der Waals surface area contributed by atoms with E-state index < -0.39 is 0 Å². The summed E-state index contributed by atoms with van der Waals surface area (Å²) in [6.07, 6.45) is 10.4. The summed E-state index contributed by atoms with van der Waals surface area (Å²) in [5.41, 5.74) is 0.375. The number of pyridine rings is 1. The Bertz CT molecular complexity index is 511. The van der Waals surface area contributed by atoms with Crippen LogP contribution in [0.5, 0.6) is 5.75 Å². The number of carbonyl (C=O) groups excluding carboxylic acids is 1. The lowest BCUT2D eigenvalue weighted by molar-refractivity contribution is 0.0899. The number of amides is 1. The standard InChI is InChI=1S/C16H22N2O2/c1-12(2)20-14-9-13(10-17-11-14)15(19)18-16(3)7-5-4-6-8-16/h4-5,9-12H,6-8H2,1-3H3,(H,18,19). The highest BCUT2D eigenvalue weighted by molar-refractivity contribution is 5.94. The van der Waals surface area contributed by atoms with E-state index in [0.717, 1.165) is 19.3 Å². The maximum absolute atomic E-state index is 12.3. The molecule has 0 bridgehead atoms. The van der Waals surface area contributed by atoms with E-state index in [1.807, 2.05) is 13.8 Å². The summed E-state index contributed by atoms with van der Waals surface area (Å²) >= 11 is 0. The molecule has 1 heterocycles. The van der Waals surface area contributed by atoms with Crippen molar-refractivity contribution in [3.63, 3.8) is 0 Å². The molecule has 4 heteroatoms. The Morgan fingerprint density at radius 1 is 1.40 bits per heavy atom. The zero-order valence-corrected chi connectivity index (χ0v) is 12.3. The van der Waals surface area contributed by atoms with Gasteiger partial charge in [-0.2, -0.15) is 0 Å². The lowest BCUT2D eigenvalue weighted by Crippen LogP contribution is -2.46. The zero-order valence-electron chi connectivity index (χ0n) is 12.3. The molecule has 1 atom stereocenters. The highest BCUT2D eigenvalue weighted by Crippen LogP contribution is 2.23. The molecule has 0 saturated carbocycles. The van der Waals surface area contributed by atoms with Gasteiger partial charge in [-0.15, -0.1) is 0 Å². The molecule has 1 aromatic rings. The van der Waals surface area contributed by atoms with Gasteiger partial charge in [-0.05, 0) is 46.1 Å². The van der Waals surface area contributed by atoms with E-state index in [1.54, 1.807) is 18.5 Å². The number of aromatic nitrogens is 1. The minimum absolute atomic E-state index is 0.0658. The first-order valence-electron chi connectivity index (χ1n) is 7.08. The van der Waals surface area contributed by atoms with Gasteiger partial charge in [-0.25, -0.2) is 0 Å². The van der Waals surface area contributed by atoms with Gasteiger partial charge in [0.25, 0.3) is 5.91 Å². The van der Waals surface area contributed by atoms with Gasteiger partial charge < -0.3 is 10.1 Å². The molecule has 108 valence electrons. The number of carbonyl (C=O) groups is 1. The molecule has 1 aliphatic rings. The van der Waals surface area contributed by atoms with Gasteiger partial charge in [-0.1, -0.05) is 12.2 Å². The quantitative estimate of drug-likeness (QED) is 0.858. The molecule has 1 aromatic heterocycles. The average Bonchev–Trinajstić information content (AvgIpc) is 2.38. The second kappa shape index (κ2) is 6.07. The van der Waals surface area contributed by atoms with Gasteiger partial charge >= 0.3 is 0 Å². The fourth-order valence-electron chi connectivity index (χ4n) is 2.30. The van der Waals surface area contributed by atoms with Crippen molar-refractivity contribution < 1.29 is 9.53 Å². The molecule has 0 saturated heterocycles. The molecular formula is C16H22N2O2. The lowest BCUT2D eigenvalue weighted by Gasteiger charge is -2.31. The Labute approximate surface area is 120 Å². The van der Waals surface area contributed by atoms with Crippen LogP contribution in [0.25, 0.3) is 0 Å². The van der Waals surface area contributed by atoms with Gasteiger partial charge in [0.05, 0.1) is 17.9 Å². The van der Waals surface area contributed by atoms with Crippen molar-refractivity contribution in [2.45, 2.75) is 51.7 Å². The van der Waals surface area contributed by atoms with Crippen LogP contribution in [0.15, 0.2) is 30.6 Å². The van der Waals surface area contributed by atoms with Crippen LogP contribution >= 0.6 is 0 Å². The molecule has 1 amide bonds. The first-order chi connectivity index (χ1) is 9.48. The number of rotatable bonds is 4. The molecule has 4 nitrogen and oxygen atoms in total. The molecule has 0 radical (unpaired) electrons. The summed E-state index contributed by atoms with van der Waals surface area (Å²) in [7, 11) is 0. The predicted molar refractivity (Wildman–Crippen MR) is 78.9 cm³/mol. The van der Waals surface area contributed by atoms with E-state index in [2.05, 4.69) is 29.4 Å². The molecule has 2 rings (SSSR count). The zero-order chi connectivity index (χ0) is 14.6. The number of hydrogen-bond donors (Lipinski definition) is 1. The molecule has 20 heavy (non-hydrogen) atoms. The van der Waals surface area contributed by atoms with E-state index in [1.165, 1.54) is 0 Å². The molecule has 1 unspecified atom stereocenters. The molecule has 0 aliphatic heterocycles. The lowest BCUT2D eigenvalue weighted by atomic mass is 9.87. The van der Waals surface area contributed by atoms with E-state index in [4.69, 9.17) is 4.74 Å². The Hall–Kier alpha value is -1.84. The number of ether oxygens (including phenoxy) is 1. The second-order valence-corrected chi connectivity index (χ2v) is 5.80. The summed E-state index contributed by atoms with van der Waals surface area (Å²) in [5, 5.41) is 3.11. The second-order valence-electron chi connectivity index (χ2n) is 5.80. The molecule has 0 fully saturated rings. The van der Waals surface area contributed by atoms with Crippen molar-refractivity contribution in [2.24, 2.45) is 0 Å². The Kier molecular flexibility index (Phi) is 4.42. The number of hydrogen-bond acceptors (Lipinski definition) is 3. The van der Waals surface area contributed by atoms with Crippen LogP contribution in [-0.2, 0) is 0 Å². The van der Waals surface area contributed by atoms with Crippen LogP contribution in [0.2, 0.25) is 0 Å². The van der Waals surface area contributed by atoms with E-state index >= 15 is 0 Å². The minimum atomic E-state index is -0.166. The maximum atomic E-state index is 12.3. The topological polar surface area (TPSA) is 51.2 Å². The van der Waals surface area contributed by atoms with Gasteiger partial charge in [0.2, 0.25) is 0 Å². The van der Waals surface area contributed by atoms with Crippen molar-refractivity contribution >= 4 is 5.91 Å². The molecule has 1 N–H and O–H groups in total. The van der Waals surface area contributed by atoms with Crippen LogP contribution in [0, 0.1) is 0 Å². The van der Waals surface area contributed by atoms with Crippen molar-refractivity contribution in [1.29, 1.82) is 0 Å². The smallest absolute Gasteiger partial charge is 0.253 e. The van der Waals surface area contributed by atoms with Gasteiger partial charge in [0.1, 0.15) is 5.75 Å². The summed E-state index contributed by atoms with van der Waals surface area (Å²) in [6.45, 7) is 5.97. The Morgan fingerprint density at radius 3 is 2.85 bits per heavy atom. The number of allylic oxidation sites excluding steroid dienone is 1. The summed E-state index contributed by atoms with van der Waals surface area (Å²) < 4.78 is 5.57. The van der Waals surface area contributed by atoms with Crippen molar-refractivity contribution in [3.8, 4) is 5.75 Å². The maximum Gasteiger partial charge on any atom is 0.253 e. The van der Waals surface area contributed by atoms with Crippen LogP contribution in [0.3, 0.4) is 0 Å². The van der Waals surface area contributed by atoms with Crippen molar-refractivity contribution in [3.05, 3.63) is 36.2 Å². The SMILES string of the molecule is CC(C)Oc1cncc(C(=O)NC2(C)CC=CCC2)c1. The number of nitrogens with zero attached hydrogens (tertiary/aromatic N) is 1. The largest absolute Gasteiger partial charge is 0.489 e. The predicted octanol–water partition coefficient (Wildman–Crippen LogP) is 3.10. The van der Waals surface area contributed by atoms with Crippen molar-refractivity contribution in [2.75, 3.05) is 0 Å². The van der Waals surface area contributed by atoms with Crippen LogP contribution < -0.4 is 10.1 Å². The molecule has 0 spiro atoms. The summed E-state index contributed by atoms with van der Waals surface area (Å²) in [5.74, 6) is 0.533. The van der Waals surface area contributed by atoms with E-state index in [0.29, 0.717) is 11.3 Å². The third-order valence-corrected chi connectivity index (χ3v) is 3.36. The molecular weight excluding hydrogens is 252 g/mol.